The molecule has 4 rings (SSSR count). The number of aliphatic hydroxyl groups is 1. The van der Waals surface area contributed by atoms with E-state index < -0.39 is 0 Å². The summed E-state index contributed by atoms with van der Waals surface area (Å²) in [5, 5.41) is 20.5. The molecule has 2 saturated carbocycles. The minimum atomic E-state index is -0.108. The molecular weight excluding hydrogens is 272 g/mol. The lowest BCUT2D eigenvalue weighted by Crippen LogP contribution is -2.43. The molecule has 2 fully saturated rings. The Morgan fingerprint density at radius 2 is 2.05 bits per heavy atom. The van der Waals surface area contributed by atoms with Crippen LogP contribution in [0.15, 0.2) is 18.7 Å². The van der Waals surface area contributed by atoms with E-state index in [1.165, 1.54) is 30.4 Å². The van der Waals surface area contributed by atoms with Crippen molar-refractivity contribution in [2.45, 2.75) is 57.5 Å². The smallest absolute Gasteiger partial charge is 0.123 e. The SMILES string of the molecule is C=Cc1cc2c(cc1O)CC[C@@H]1[C@@H]2CC[C@]2(C)[C@@H](O)CC[C@@H]12. The van der Waals surface area contributed by atoms with Gasteiger partial charge < -0.3 is 10.2 Å². The van der Waals surface area contributed by atoms with Crippen LogP contribution in [-0.2, 0) is 6.42 Å². The summed E-state index contributed by atoms with van der Waals surface area (Å²) in [4.78, 5) is 0. The predicted molar refractivity (Wildman–Crippen MR) is 88.8 cm³/mol. The monoisotopic (exact) mass is 298 g/mol. The second-order valence-corrected chi connectivity index (χ2v) is 7.87. The third-order valence-electron chi connectivity index (χ3n) is 7.04. The molecule has 0 unspecified atom stereocenters. The molecule has 0 amide bonds. The first-order chi connectivity index (χ1) is 10.5. The highest BCUT2D eigenvalue weighted by atomic mass is 16.3. The molecule has 0 spiro atoms. The minimum Gasteiger partial charge on any atom is -0.507 e. The quantitative estimate of drug-likeness (QED) is 0.813. The lowest BCUT2D eigenvalue weighted by atomic mass is 9.55. The maximum Gasteiger partial charge on any atom is 0.123 e. The number of phenolic OH excluding ortho intramolecular Hbond substituents is 1. The molecule has 3 aliphatic rings. The van der Waals surface area contributed by atoms with Crippen LogP contribution >= 0.6 is 0 Å². The first kappa shape index (κ1) is 14.3. The zero-order valence-corrected chi connectivity index (χ0v) is 13.4. The topological polar surface area (TPSA) is 40.5 Å². The normalized spacial score (nSPS) is 39.7. The van der Waals surface area contributed by atoms with Gasteiger partial charge in [0.25, 0.3) is 0 Å². The van der Waals surface area contributed by atoms with Crippen molar-refractivity contribution in [3.8, 4) is 5.75 Å². The van der Waals surface area contributed by atoms with Crippen LogP contribution in [0.2, 0.25) is 0 Å². The highest BCUT2D eigenvalue weighted by molar-refractivity contribution is 5.59. The maximum absolute atomic E-state index is 10.4. The molecule has 0 bridgehead atoms. The molecule has 1 aromatic rings. The van der Waals surface area contributed by atoms with Gasteiger partial charge in [-0.3, -0.25) is 0 Å². The third kappa shape index (κ3) is 1.83. The van der Waals surface area contributed by atoms with Crippen molar-refractivity contribution in [1.29, 1.82) is 0 Å². The Bertz CT molecular complexity index is 620. The summed E-state index contributed by atoms with van der Waals surface area (Å²) in [6, 6.07) is 4.13. The summed E-state index contributed by atoms with van der Waals surface area (Å²) >= 11 is 0. The summed E-state index contributed by atoms with van der Waals surface area (Å²) in [7, 11) is 0. The molecule has 2 heteroatoms. The molecule has 0 aromatic heterocycles. The van der Waals surface area contributed by atoms with E-state index in [0.29, 0.717) is 23.5 Å². The Labute approximate surface area is 132 Å². The second-order valence-electron chi connectivity index (χ2n) is 7.87. The summed E-state index contributed by atoms with van der Waals surface area (Å²) in [5.74, 6) is 2.33. The number of hydrogen-bond acceptors (Lipinski definition) is 2. The molecular formula is C20H26O2. The Balaban J connectivity index is 1.74. The Morgan fingerprint density at radius 3 is 2.82 bits per heavy atom. The van der Waals surface area contributed by atoms with Gasteiger partial charge in [-0.1, -0.05) is 19.6 Å². The van der Waals surface area contributed by atoms with Crippen molar-refractivity contribution in [3.63, 3.8) is 0 Å². The third-order valence-corrected chi connectivity index (χ3v) is 7.04. The molecule has 0 heterocycles. The minimum absolute atomic E-state index is 0.108. The molecule has 0 aliphatic heterocycles. The number of aliphatic hydroxyl groups excluding tert-OH is 1. The largest absolute Gasteiger partial charge is 0.507 e. The average Bonchev–Trinajstić information content (AvgIpc) is 2.82. The van der Waals surface area contributed by atoms with E-state index in [4.69, 9.17) is 0 Å². The number of aromatic hydroxyl groups is 1. The zero-order chi connectivity index (χ0) is 15.5. The van der Waals surface area contributed by atoms with Gasteiger partial charge in [-0.05, 0) is 85.0 Å². The highest BCUT2D eigenvalue weighted by Gasteiger charge is 2.54. The number of rotatable bonds is 1. The fourth-order valence-electron chi connectivity index (χ4n) is 5.76. The van der Waals surface area contributed by atoms with Crippen molar-refractivity contribution in [2.75, 3.05) is 0 Å². The maximum atomic E-state index is 10.4. The highest BCUT2D eigenvalue weighted by Crippen LogP contribution is 2.61. The summed E-state index contributed by atoms with van der Waals surface area (Å²) in [6.45, 7) is 6.14. The van der Waals surface area contributed by atoms with Gasteiger partial charge in [0.15, 0.2) is 0 Å². The predicted octanol–water partition coefficient (Wildman–Crippen LogP) is 4.25. The van der Waals surface area contributed by atoms with Crippen molar-refractivity contribution >= 4 is 6.08 Å². The van der Waals surface area contributed by atoms with Gasteiger partial charge in [-0.25, -0.2) is 0 Å². The lowest BCUT2D eigenvalue weighted by Gasteiger charge is -2.50. The average molecular weight is 298 g/mol. The Kier molecular flexibility index (Phi) is 3.16. The van der Waals surface area contributed by atoms with E-state index >= 15 is 0 Å². The van der Waals surface area contributed by atoms with E-state index in [2.05, 4.69) is 19.6 Å². The Morgan fingerprint density at radius 1 is 1.23 bits per heavy atom. The van der Waals surface area contributed by atoms with Crippen LogP contribution in [0.4, 0.5) is 0 Å². The van der Waals surface area contributed by atoms with E-state index in [9.17, 15) is 10.2 Å². The molecule has 2 nitrogen and oxygen atoms in total. The van der Waals surface area contributed by atoms with Gasteiger partial charge in [-0.15, -0.1) is 0 Å². The number of phenols is 1. The first-order valence-electron chi connectivity index (χ1n) is 8.71. The van der Waals surface area contributed by atoms with Crippen molar-refractivity contribution in [2.24, 2.45) is 17.3 Å². The van der Waals surface area contributed by atoms with Crippen LogP contribution < -0.4 is 0 Å². The van der Waals surface area contributed by atoms with E-state index in [-0.39, 0.29) is 11.5 Å². The first-order valence-corrected chi connectivity index (χ1v) is 8.71. The van der Waals surface area contributed by atoms with Gasteiger partial charge in [0.05, 0.1) is 6.10 Å². The van der Waals surface area contributed by atoms with Gasteiger partial charge >= 0.3 is 0 Å². The van der Waals surface area contributed by atoms with Crippen LogP contribution in [0.25, 0.3) is 6.08 Å². The molecule has 0 radical (unpaired) electrons. The van der Waals surface area contributed by atoms with Crippen LogP contribution in [0, 0.1) is 17.3 Å². The molecule has 2 N–H and O–H groups in total. The van der Waals surface area contributed by atoms with Gasteiger partial charge in [0, 0.05) is 5.56 Å². The van der Waals surface area contributed by atoms with Crippen LogP contribution in [0.5, 0.6) is 5.75 Å². The van der Waals surface area contributed by atoms with Crippen molar-refractivity contribution in [3.05, 3.63) is 35.4 Å². The number of hydrogen-bond donors (Lipinski definition) is 2. The molecule has 5 atom stereocenters. The fourth-order valence-corrected chi connectivity index (χ4v) is 5.76. The van der Waals surface area contributed by atoms with Gasteiger partial charge in [-0.2, -0.15) is 0 Å². The Hall–Kier alpha value is -1.28. The summed E-state index contributed by atoms with van der Waals surface area (Å²) in [6.07, 6.45) is 8.37. The summed E-state index contributed by atoms with van der Waals surface area (Å²) < 4.78 is 0. The summed E-state index contributed by atoms with van der Waals surface area (Å²) in [5.41, 5.74) is 3.76. The van der Waals surface area contributed by atoms with Gasteiger partial charge in [0.1, 0.15) is 5.75 Å². The van der Waals surface area contributed by atoms with Gasteiger partial charge in [0.2, 0.25) is 0 Å². The van der Waals surface area contributed by atoms with Crippen LogP contribution in [0.3, 0.4) is 0 Å². The van der Waals surface area contributed by atoms with Crippen molar-refractivity contribution < 1.29 is 10.2 Å². The molecule has 3 aliphatic carbocycles. The number of benzene rings is 1. The zero-order valence-electron chi connectivity index (χ0n) is 13.4. The molecule has 22 heavy (non-hydrogen) atoms. The fraction of sp³-hybridized carbons (Fsp3) is 0.600. The standard InChI is InChI=1S/C20H26O2/c1-3-12-10-16-13(11-18(12)21)4-5-15-14(16)8-9-20(2)17(15)6-7-19(20)22/h3,10-11,14-15,17,19,21-22H,1,4-9H2,2H3/t14-,15+,17-,19-,20-/m0/s1. The van der Waals surface area contributed by atoms with Crippen LogP contribution in [0.1, 0.15) is 61.6 Å². The molecule has 118 valence electrons. The molecule has 0 saturated heterocycles. The molecule has 1 aromatic carbocycles. The second kappa shape index (κ2) is 4.86. The van der Waals surface area contributed by atoms with Crippen LogP contribution in [-0.4, -0.2) is 16.3 Å². The van der Waals surface area contributed by atoms with E-state index in [1.54, 1.807) is 6.08 Å². The number of fused-ring (bicyclic) bond motifs is 5. The lowest BCUT2D eigenvalue weighted by molar-refractivity contribution is -0.0226. The number of aryl methyl sites for hydroxylation is 1. The van der Waals surface area contributed by atoms with Crippen molar-refractivity contribution in [1.82, 2.24) is 0 Å². The van der Waals surface area contributed by atoms with E-state index in [0.717, 1.165) is 24.8 Å². The van der Waals surface area contributed by atoms with E-state index in [1.807, 2.05) is 6.07 Å².